The van der Waals surface area contributed by atoms with Gasteiger partial charge in [0.1, 0.15) is 18.1 Å². The van der Waals surface area contributed by atoms with Gasteiger partial charge in [-0.1, -0.05) is 77.7 Å². The largest absolute Gasteiger partial charge is 0.347 e. The van der Waals surface area contributed by atoms with E-state index in [0.29, 0.717) is 42.0 Å². The molecular formula is C42H59N5O6S. The van der Waals surface area contributed by atoms with Gasteiger partial charge in [-0.15, -0.1) is 11.3 Å². The Balaban J connectivity index is 1.10. The zero-order chi connectivity index (χ0) is 37.7. The number of thiophene rings is 1. The van der Waals surface area contributed by atoms with Crippen molar-refractivity contribution in [1.82, 2.24) is 25.8 Å². The highest BCUT2D eigenvalue weighted by Crippen LogP contribution is 2.53. The van der Waals surface area contributed by atoms with Gasteiger partial charge in [-0.25, -0.2) is 0 Å². The van der Waals surface area contributed by atoms with Crippen LogP contribution in [0.4, 0.5) is 0 Å². The van der Waals surface area contributed by atoms with Gasteiger partial charge in [0.15, 0.2) is 0 Å². The molecule has 2 saturated heterocycles. The summed E-state index contributed by atoms with van der Waals surface area (Å²) in [6.45, 7) is 4.54. The summed E-state index contributed by atoms with van der Waals surface area (Å²) in [6, 6.07) is 0.486. The maximum Gasteiger partial charge on any atom is 0.289 e. The van der Waals surface area contributed by atoms with Gasteiger partial charge in [0.2, 0.25) is 23.5 Å². The topological polar surface area (TPSA) is 145 Å². The zero-order valence-corrected chi connectivity index (χ0v) is 32.9. The number of likely N-dealkylation sites (tertiary alicyclic amines) is 2. The highest BCUT2D eigenvalue weighted by molar-refractivity contribution is 7.12. The van der Waals surface area contributed by atoms with E-state index in [0.717, 1.165) is 83.5 Å². The van der Waals surface area contributed by atoms with Crippen LogP contribution < -0.4 is 16.0 Å². The first-order chi connectivity index (χ1) is 26.1. The molecule has 1 aromatic heterocycles. The highest BCUT2D eigenvalue weighted by Gasteiger charge is 2.66. The van der Waals surface area contributed by atoms with Crippen LogP contribution >= 0.6 is 11.3 Å². The third-order valence-corrected chi connectivity index (χ3v) is 15.3. The van der Waals surface area contributed by atoms with E-state index in [1.54, 1.807) is 11.0 Å². The Labute approximate surface area is 323 Å². The van der Waals surface area contributed by atoms with Crippen LogP contribution in [0.25, 0.3) is 0 Å². The summed E-state index contributed by atoms with van der Waals surface area (Å²) in [5.41, 5.74) is -0.651. The van der Waals surface area contributed by atoms with Crippen molar-refractivity contribution in [3.63, 3.8) is 0 Å². The standard InChI is InChI=1S/C42H59N5O6S/c1-24(2)30-16-19-46(34(30)38(50)44-31(21-25-12-13-25)35(48)39(51)43-29-14-15-29)40(52)33(28-22-26-9-4-5-10-27(26)23-28)47-41(53)36(42(47)17-6-3-7-18-42)45-37(49)32-11-8-20-54-32/h8,11,20,24-31,33-34,36H,3-7,9-10,12-19,21-23H2,1-2H3,(H,43,51)(H,44,50)(H,45,49)/t26-,27?,28?,30+,31?,33-,34-,36+/m0/s1. The Morgan fingerprint density at radius 2 is 1.59 bits per heavy atom. The minimum atomic E-state index is -0.932. The minimum absolute atomic E-state index is 0.0283. The Morgan fingerprint density at radius 3 is 2.20 bits per heavy atom. The average Bonchev–Trinajstić information content (AvgIpc) is 3.97. The predicted octanol–water partition coefficient (Wildman–Crippen LogP) is 4.98. The van der Waals surface area contributed by atoms with Crippen LogP contribution in [0.1, 0.15) is 133 Å². The van der Waals surface area contributed by atoms with Gasteiger partial charge in [-0.05, 0) is 98.3 Å². The number of amides is 5. The zero-order valence-electron chi connectivity index (χ0n) is 32.1. The summed E-state index contributed by atoms with van der Waals surface area (Å²) < 4.78 is 0. The van der Waals surface area contributed by atoms with E-state index in [1.165, 1.54) is 24.2 Å². The predicted molar refractivity (Wildman–Crippen MR) is 204 cm³/mol. The molecular weight excluding hydrogens is 703 g/mol. The number of fused-ring (bicyclic) bond motifs is 1. The van der Waals surface area contributed by atoms with Gasteiger partial charge < -0.3 is 25.8 Å². The molecule has 0 bridgehead atoms. The number of nitrogens with zero attached hydrogens (tertiary/aromatic N) is 2. The lowest BCUT2D eigenvalue weighted by molar-refractivity contribution is -0.183. The molecule has 0 radical (unpaired) electrons. The van der Waals surface area contributed by atoms with E-state index in [4.69, 9.17) is 0 Å². The van der Waals surface area contributed by atoms with Crippen molar-refractivity contribution in [1.29, 1.82) is 0 Å². The van der Waals surface area contributed by atoms with Crippen molar-refractivity contribution >= 4 is 46.7 Å². The van der Waals surface area contributed by atoms with E-state index in [1.807, 2.05) is 16.3 Å². The minimum Gasteiger partial charge on any atom is -0.347 e. The van der Waals surface area contributed by atoms with Gasteiger partial charge in [-0.3, -0.25) is 28.8 Å². The number of Topliss-reactive ketones (excluding diaryl/α,β-unsaturated/α-hetero) is 1. The molecule has 3 heterocycles. The fourth-order valence-corrected chi connectivity index (χ4v) is 11.8. The normalized spacial score (nSPS) is 31.4. The third kappa shape index (κ3) is 7.25. The quantitative estimate of drug-likeness (QED) is 0.191. The van der Waals surface area contributed by atoms with E-state index < -0.39 is 41.4 Å². The van der Waals surface area contributed by atoms with Crippen LogP contribution in [-0.2, 0) is 24.0 Å². The van der Waals surface area contributed by atoms with Gasteiger partial charge in [0.25, 0.3) is 11.8 Å². The summed E-state index contributed by atoms with van der Waals surface area (Å²) >= 11 is 1.35. The number of β-lactam (4-membered cyclic amide) rings is 1. The second-order valence-corrected chi connectivity index (χ2v) is 19.2. The first-order valence-electron chi connectivity index (χ1n) is 21.2. The maximum absolute atomic E-state index is 15.5. The van der Waals surface area contributed by atoms with E-state index >= 15 is 4.79 Å². The molecule has 1 aromatic rings. The van der Waals surface area contributed by atoms with Crippen molar-refractivity contribution in [2.75, 3.05) is 6.54 Å². The molecule has 54 heavy (non-hydrogen) atoms. The molecule has 294 valence electrons. The molecule has 3 unspecified atom stereocenters. The second kappa shape index (κ2) is 15.3. The van der Waals surface area contributed by atoms with Gasteiger partial charge in [0, 0.05) is 12.6 Å². The lowest BCUT2D eigenvalue weighted by Gasteiger charge is -2.62. The van der Waals surface area contributed by atoms with E-state index in [2.05, 4.69) is 29.8 Å². The lowest BCUT2D eigenvalue weighted by Crippen LogP contribution is -2.83. The Hall–Kier alpha value is -3.28. The molecule has 7 aliphatic rings. The second-order valence-electron chi connectivity index (χ2n) is 18.3. The Kier molecular flexibility index (Phi) is 10.7. The highest BCUT2D eigenvalue weighted by atomic mass is 32.1. The lowest BCUT2D eigenvalue weighted by atomic mass is 9.66. The summed E-state index contributed by atoms with van der Waals surface area (Å²) in [4.78, 5) is 88.8. The van der Waals surface area contributed by atoms with Crippen LogP contribution in [0, 0.1) is 35.5 Å². The van der Waals surface area contributed by atoms with Gasteiger partial charge in [-0.2, -0.15) is 0 Å². The number of hydrogen-bond donors (Lipinski definition) is 3. The third-order valence-electron chi connectivity index (χ3n) is 14.4. The first kappa shape index (κ1) is 37.6. The summed E-state index contributed by atoms with van der Waals surface area (Å²) in [6.07, 6.45) is 15.5. The molecule has 8 atom stereocenters. The average molecular weight is 762 g/mol. The molecule has 7 fully saturated rings. The summed E-state index contributed by atoms with van der Waals surface area (Å²) in [5.74, 6) is -0.935. The van der Waals surface area contributed by atoms with Crippen LogP contribution in [0.2, 0.25) is 0 Å². The number of carbonyl (C=O) groups excluding carboxylic acids is 6. The SMILES string of the molecule is CC(C)[C@H]1CCN(C(=O)[C@H](C2CC3CCCC[C@H]3C2)N2C(=O)[C@@H](NC(=O)c3cccs3)C23CCCCC3)[C@@H]1C(=O)NC(CC1CC1)C(=O)C(=O)NC1CC1. The van der Waals surface area contributed by atoms with Crippen LogP contribution in [0.5, 0.6) is 0 Å². The molecule has 12 heteroatoms. The molecule has 2 aliphatic heterocycles. The van der Waals surface area contributed by atoms with Crippen molar-refractivity contribution in [2.24, 2.45) is 35.5 Å². The number of carbonyl (C=O) groups is 6. The number of ketones is 1. The van der Waals surface area contributed by atoms with Crippen LogP contribution in [0.3, 0.4) is 0 Å². The monoisotopic (exact) mass is 761 g/mol. The molecule has 0 aromatic carbocycles. The molecule has 3 N–H and O–H groups in total. The summed E-state index contributed by atoms with van der Waals surface area (Å²) in [5, 5.41) is 10.8. The van der Waals surface area contributed by atoms with Crippen molar-refractivity contribution in [2.45, 2.75) is 159 Å². The summed E-state index contributed by atoms with van der Waals surface area (Å²) in [7, 11) is 0. The number of hydrogen-bond acceptors (Lipinski definition) is 7. The first-order valence-corrected chi connectivity index (χ1v) is 22.1. The van der Waals surface area contributed by atoms with Crippen LogP contribution in [-0.4, -0.2) is 87.4 Å². The maximum atomic E-state index is 15.5. The van der Waals surface area contributed by atoms with Gasteiger partial charge in [0.05, 0.1) is 16.5 Å². The van der Waals surface area contributed by atoms with E-state index in [9.17, 15) is 24.0 Å². The molecule has 11 nitrogen and oxygen atoms in total. The number of nitrogens with one attached hydrogen (secondary N) is 3. The molecule has 5 amide bonds. The molecule has 1 spiro atoms. The van der Waals surface area contributed by atoms with E-state index in [-0.39, 0.29) is 47.4 Å². The Morgan fingerprint density at radius 1 is 0.889 bits per heavy atom. The fraction of sp³-hybridized carbons (Fsp3) is 0.762. The molecule has 8 rings (SSSR count). The van der Waals surface area contributed by atoms with Crippen molar-refractivity contribution < 1.29 is 28.8 Å². The number of rotatable bonds is 13. The smallest absolute Gasteiger partial charge is 0.289 e. The molecule has 5 saturated carbocycles. The van der Waals surface area contributed by atoms with Crippen LogP contribution in [0.15, 0.2) is 17.5 Å². The van der Waals surface area contributed by atoms with Crippen molar-refractivity contribution in [3.8, 4) is 0 Å². The Bertz CT molecular complexity index is 1600. The van der Waals surface area contributed by atoms with Gasteiger partial charge >= 0.3 is 0 Å². The fourth-order valence-electron chi connectivity index (χ4n) is 11.2. The molecule has 5 aliphatic carbocycles. The van der Waals surface area contributed by atoms with Crippen molar-refractivity contribution in [3.05, 3.63) is 22.4 Å².